The van der Waals surface area contributed by atoms with Crippen molar-refractivity contribution >= 4 is 29.3 Å². The van der Waals surface area contributed by atoms with Gasteiger partial charge < -0.3 is 10.2 Å². The molecule has 2 aliphatic rings. The average molecular weight is 451 g/mol. The molecule has 0 aromatic heterocycles. The van der Waals surface area contributed by atoms with E-state index in [1.165, 1.54) is 22.9 Å². The molecule has 2 aromatic carbocycles. The minimum Gasteiger partial charge on any atom is -0.353 e. The molecule has 1 N–H and O–H groups in total. The Balaban J connectivity index is 1.55. The fourth-order valence-corrected chi connectivity index (χ4v) is 6.02. The summed E-state index contributed by atoms with van der Waals surface area (Å²) in [4.78, 5) is 29.8. The van der Waals surface area contributed by atoms with Gasteiger partial charge in [0.05, 0.1) is 18.2 Å². The maximum Gasteiger partial charge on any atom is 0.241 e. The molecule has 0 radical (unpaired) electrons. The zero-order chi connectivity index (χ0) is 22.8. The van der Waals surface area contributed by atoms with Crippen molar-refractivity contribution in [3.05, 3.63) is 59.2 Å². The number of nitrogens with one attached hydrogen (secondary N) is 1. The normalized spacial score (nSPS) is 24.1. The van der Waals surface area contributed by atoms with Crippen molar-refractivity contribution in [1.82, 2.24) is 5.32 Å². The Labute approximate surface area is 196 Å². The summed E-state index contributed by atoms with van der Waals surface area (Å²) in [7, 11) is 0. The van der Waals surface area contributed by atoms with Gasteiger partial charge in [0.1, 0.15) is 5.25 Å². The van der Waals surface area contributed by atoms with E-state index in [0.29, 0.717) is 6.54 Å². The van der Waals surface area contributed by atoms with Gasteiger partial charge in [0.2, 0.25) is 11.8 Å². The first-order chi connectivity index (χ1) is 15.3. The number of fused-ring (bicyclic) bond motifs is 1. The topological polar surface area (TPSA) is 49.4 Å². The minimum atomic E-state index is -0.419. The molecule has 2 atom stereocenters. The summed E-state index contributed by atoms with van der Waals surface area (Å²) < 4.78 is 0. The molecule has 2 aromatic rings. The van der Waals surface area contributed by atoms with Crippen LogP contribution in [0.5, 0.6) is 0 Å². The van der Waals surface area contributed by atoms with Crippen LogP contribution >= 0.6 is 11.8 Å². The van der Waals surface area contributed by atoms with Crippen molar-refractivity contribution in [2.24, 2.45) is 11.8 Å². The zero-order valence-corrected chi connectivity index (χ0v) is 20.4. The van der Waals surface area contributed by atoms with Gasteiger partial charge >= 0.3 is 0 Å². The quantitative estimate of drug-likeness (QED) is 0.641. The molecule has 0 unspecified atom stereocenters. The third-order valence-corrected chi connectivity index (χ3v) is 8.45. The van der Waals surface area contributed by atoms with Gasteiger partial charge in [-0.2, -0.15) is 0 Å². The molecule has 1 saturated carbocycles. The fraction of sp³-hybridized carbons (Fsp3) is 0.481. The number of carbonyl (C=O) groups excluding carboxylic acids is 2. The summed E-state index contributed by atoms with van der Waals surface area (Å²) in [6.45, 7) is 8.87. The van der Waals surface area contributed by atoms with Crippen LogP contribution in [0, 0.1) is 25.7 Å². The van der Waals surface area contributed by atoms with Crippen LogP contribution in [0.25, 0.3) is 0 Å². The summed E-state index contributed by atoms with van der Waals surface area (Å²) in [5.74, 6) is 0.378. The van der Waals surface area contributed by atoms with Crippen LogP contribution in [0.15, 0.2) is 47.4 Å². The van der Waals surface area contributed by atoms with Gasteiger partial charge in [-0.3, -0.25) is 9.59 Å². The van der Waals surface area contributed by atoms with Crippen LogP contribution in [-0.2, 0) is 16.1 Å². The van der Waals surface area contributed by atoms with E-state index in [2.05, 4.69) is 50.4 Å². The summed E-state index contributed by atoms with van der Waals surface area (Å²) in [6, 6.07) is 14.6. The predicted octanol–water partition coefficient (Wildman–Crippen LogP) is 5.64. The molecule has 0 bridgehead atoms. The van der Waals surface area contributed by atoms with Crippen molar-refractivity contribution in [2.75, 3.05) is 4.90 Å². The van der Waals surface area contributed by atoms with E-state index < -0.39 is 5.25 Å². The van der Waals surface area contributed by atoms with E-state index in [4.69, 9.17) is 0 Å². The van der Waals surface area contributed by atoms with Crippen LogP contribution in [0.1, 0.15) is 56.2 Å². The number of carbonyl (C=O) groups is 2. The van der Waals surface area contributed by atoms with Gasteiger partial charge in [-0.05, 0) is 68.7 Å². The Morgan fingerprint density at radius 1 is 1.12 bits per heavy atom. The number of anilines is 1. The molecule has 5 heteroatoms. The molecule has 4 nitrogen and oxygen atoms in total. The molecule has 0 spiro atoms. The zero-order valence-electron chi connectivity index (χ0n) is 19.6. The highest BCUT2D eigenvalue weighted by molar-refractivity contribution is 8.01. The number of benzene rings is 2. The van der Waals surface area contributed by atoms with Crippen LogP contribution < -0.4 is 10.2 Å². The van der Waals surface area contributed by atoms with E-state index >= 15 is 0 Å². The smallest absolute Gasteiger partial charge is 0.241 e. The second-order valence-electron chi connectivity index (χ2n) is 9.61. The van der Waals surface area contributed by atoms with Crippen molar-refractivity contribution in [1.29, 1.82) is 0 Å². The first kappa shape index (κ1) is 22.9. The number of amides is 2. The second-order valence-corrected chi connectivity index (χ2v) is 10.8. The van der Waals surface area contributed by atoms with Gasteiger partial charge in [-0.15, -0.1) is 11.8 Å². The van der Waals surface area contributed by atoms with Crippen LogP contribution in [0.2, 0.25) is 0 Å². The monoisotopic (exact) mass is 450 g/mol. The molecule has 1 fully saturated rings. The molecule has 2 amide bonds. The maximum atomic E-state index is 13.7. The second kappa shape index (κ2) is 9.70. The van der Waals surface area contributed by atoms with Crippen LogP contribution in [-0.4, -0.2) is 23.1 Å². The van der Waals surface area contributed by atoms with Crippen molar-refractivity contribution in [2.45, 2.75) is 76.1 Å². The van der Waals surface area contributed by atoms with Crippen molar-refractivity contribution in [3.63, 3.8) is 0 Å². The van der Waals surface area contributed by atoms with Crippen LogP contribution in [0.3, 0.4) is 0 Å². The first-order valence-corrected chi connectivity index (χ1v) is 12.6. The lowest BCUT2D eigenvalue weighted by Gasteiger charge is -2.36. The third-order valence-electron chi connectivity index (χ3n) is 6.98. The molecule has 170 valence electrons. The number of hydrogen-bond donors (Lipinski definition) is 1. The number of rotatable bonds is 5. The molecule has 32 heavy (non-hydrogen) atoms. The highest BCUT2D eigenvalue weighted by Gasteiger charge is 2.40. The molecule has 1 aliphatic heterocycles. The van der Waals surface area contributed by atoms with Gasteiger partial charge in [0.15, 0.2) is 0 Å². The van der Waals surface area contributed by atoms with Crippen molar-refractivity contribution < 1.29 is 9.59 Å². The Morgan fingerprint density at radius 2 is 1.84 bits per heavy atom. The fourth-order valence-electron chi connectivity index (χ4n) is 4.73. The highest BCUT2D eigenvalue weighted by Crippen LogP contribution is 2.42. The lowest BCUT2D eigenvalue weighted by molar-refractivity contribution is -0.129. The SMILES string of the molecule is Cc1ccc(C)c(CN2C(=O)[C@H]([C@@H](C)C(=O)NC3CCC(C)CC3)Sc3ccccc32)c1. The Kier molecular flexibility index (Phi) is 6.94. The minimum absolute atomic E-state index is 0.00136. The Hall–Kier alpha value is -2.27. The summed E-state index contributed by atoms with van der Waals surface area (Å²) >= 11 is 1.53. The van der Waals surface area contributed by atoms with E-state index in [9.17, 15) is 9.59 Å². The van der Waals surface area contributed by atoms with E-state index in [0.717, 1.165) is 47.7 Å². The van der Waals surface area contributed by atoms with Crippen molar-refractivity contribution in [3.8, 4) is 0 Å². The van der Waals surface area contributed by atoms with E-state index in [1.54, 1.807) is 0 Å². The summed E-state index contributed by atoms with van der Waals surface area (Å²) in [5, 5.41) is 2.82. The summed E-state index contributed by atoms with van der Waals surface area (Å²) in [5.41, 5.74) is 4.44. The summed E-state index contributed by atoms with van der Waals surface area (Å²) in [6.07, 6.45) is 4.39. The molecule has 1 heterocycles. The molecule has 4 rings (SSSR count). The largest absolute Gasteiger partial charge is 0.353 e. The third kappa shape index (κ3) is 4.88. The highest BCUT2D eigenvalue weighted by atomic mass is 32.2. The number of aryl methyl sites for hydroxylation is 2. The predicted molar refractivity (Wildman–Crippen MR) is 132 cm³/mol. The van der Waals surface area contributed by atoms with Gasteiger partial charge in [0.25, 0.3) is 0 Å². The lowest BCUT2D eigenvalue weighted by Crippen LogP contribution is -2.49. The Bertz CT molecular complexity index is 997. The van der Waals surface area contributed by atoms with Gasteiger partial charge in [-0.25, -0.2) is 0 Å². The van der Waals surface area contributed by atoms with Gasteiger partial charge in [0, 0.05) is 10.9 Å². The first-order valence-electron chi connectivity index (χ1n) is 11.8. The van der Waals surface area contributed by atoms with Crippen LogP contribution in [0.4, 0.5) is 5.69 Å². The Morgan fingerprint density at radius 3 is 2.59 bits per heavy atom. The number of thioether (sulfide) groups is 1. The number of para-hydroxylation sites is 1. The lowest BCUT2D eigenvalue weighted by atomic mass is 9.87. The number of nitrogens with zero attached hydrogens (tertiary/aromatic N) is 1. The standard InChI is InChI=1S/C27H34N2O2S/c1-17-10-13-22(14-11-17)28-26(30)20(4)25-27(31)29(23-7-5-6-8-24(23)32-25)16-21-15-18(2)9-12-19(21)3/h5-9,12,15,17,20,22,25H,10-11,13-14,16H2,1-4H3,(H,28,30)/t17?,20-,22?,25+/m1/s1. The molecular formula is C27H34N2O2S. The van der Waals surface area contributed by atoms with E-state index in [-0.39, 0.29) is 23.8 Å². The molecule has 1 aliphatic carbocycles. The average Bonchev–Trinajstić information content (AvgIpc) is 2.78. The van der Waals surface area contributed by atoms with E-state index in [1.807, 2.05) is 30.0 Å². The molecular weight excluding hydrogens is 416 g/mol. The number of hydrogen-bond acceptors (Lipinski definition) is 3. The maximum absolute atomic E-state index is 13.7. The van der Waals surface area contributed by atoms with Gasteiger partial charge in [-0.1, -0.05) is 49.7 Å². The molecule has 0 saturated heterocycles.